The predicted molar refractivity (Wildman–Crippen MR) is 318 cm³/mol. The zero-order valence-electron chi connectivity index (χ0n) is 50.8. The number of rotatable bonds is 29. The third-order valence-corrected chi connectivity index (χ3v) is 13.8. The first kappa shape index (κ1) is 75.7. The maximum Gasteiger partial charge on any atom is 0.309 e. The monoisotopic (exact) mass is 1230 g/mol. The molecule has 1 heterocycles. The third-order valence-electron chi connectivity index (χ3n) is 13.8. The van der Waals surface area contributed by atoms with Gasteiger partial charge in [-0.3, -0.25) is 57.5 Å². The van der Waals surface area contributed by atoms with Crippen LogP contribution in [0.25, 0.3) is 0 Å². The molecule has 0 saturated carbocycles. The fraction of sp³-hybridized carbons (Fsp3) is 0.679. The lowest BCUT2D eigenvalue weighted by molar-refractivity contribution is -0.150. The van der Waals surface area contributed by atoms with E-state index in [0.717, 1.165) is 13.3 Å². The topological polar surface area (TPSA) is 517 Å². The summed E-state index contributed by atoms with van der Waals surface area (Å²) in [5.74, 6) is -12.1. The Labute approximate surface area is 507 Å². The maximum atomic E-state index is 14.5. The molecule has 490 valence electrons. The van der Waals surface area contributed by atoms with Crippen LogP contribution in [0.2, 0.25) is 0 Å². The van der Waals surface area contributed by atoms with E-state index in [2.05, 4.69) is 58.5 Å². The normalized spacial score (nSPS) is 22.6. The van der Waals surface area contributed by atoms with Gasteiger partial charge < -0.3 is 102 Å². The zero-order valence-corrected chi connectivity index (χ0v) is 50.8. The summed E-state index contributed by atoms with van der Waals surface area (Å²) >= 11 is 0. The number of carbonyl (C=O) groups excluding carboxylic acids is 12. The van der Waals surface area contributed by atoms with Crippen molar-refractivity contribution in [1.29, 1.82) is 0 Å². The van der Waals surface area contributed by atoms with Crippen molar-refractivity contribution < 1.29 is 72.5 Å². The molecule has 1 aromatic carbocycles. The molecule has 2 rings (SSSR count). The molecular formula is C56H96N16O15. The van der Waals surface area contributed by atoms with Crippen LogP contribution in [0.3, 0.4) is 0 Å². The van der Waals surface area contributed by atoms with Gasteiger partial charge >= 0.3 is 5.97 Å². The molecule has 1 saturated heterocycles. The van der Waals surface area contributed by atoms with Crippen molar-refractivity contribution >= 4 is 70.9 Å². The van der Waals surface area contributed by atoms with E-state index in [1.165, 1.54) is 13.8 Å². The molecule has 0 aromatic heterocycles. The van der Waals surface area contributed by atoms with Crippen molar-refractivity contribution in [2.24, 2.45) is 40.5 Å². The number of ether oxygens (including phenoxy) is 1. The molecule has 1 aromatic rings. The van der Waals surface area contributed by atoms with Crippen LogP contribution in [0.4, 0.5) is 0 Å². The number of aliphatic hydroxyl groups excluding tert-OH is 2. The summed E-state index contributed by atoms with van der Waals surface area (Å²) in [6.07, 6.45) is -3.79. The first-order valence-corrected chi connectivity index (χ1v) is 29.6. The molecule has 0 radical (unpaired) electrons. The summed E-state index contributed by atoms with van der Waals surface area (Å²) in [4.78, 5) is 166. The third kappa shape index (κ3) is 27.0. The molecule has 31 heteroatoms. The van der Waals surface area contributed by atoms with Crippen molar-refractivity contribution in [3.05, 3.63) is 35.9 Å². The molecule has 0 spiro atoms. The molecule has 13 atom stereocenters. The Kier molecular flexibility index (Phi) is 34.9. The van der Waals surface area contributed by atoms with Gasteiger partial charge in [0.25, 0.3) is 0 Å². The standard InChI is InChI=1S/C56H96N16O15/c1-7-8-26-87-56(86)31(4)28-43(75)63-35(14-20-57)50(80)72-45(33(6)74)55(85)68-38(17-23-60)47(77)67-40-19-25-62-54(84)44(32(5)73)71-51(81)39(18-24-61)65-46(76)36(15-21-58)66-52(82)41(27-30(2)3)69-53(83)42(29-34-12-10-9-11-13-34)70-48(78)37(16-22-59)64-49(40)79/h9-13,30-33,35-42,44-45,73-74H,7-8,14-29,57-61H2,1-6H3,(H,62,84)(H,63,75)(H,64,79)(H,65,76)(H,66,82)(H,67,77)(H,68,85)(H,69,83)(H,70,78)(H,71,81)(H,72,80)/t31?,32?,33?,35-,36-,37-,38-,39-,40-,41-,42+,44-,45-/m0/s1. The minimum Gasteiger partial charge on any atom is -0.465 e. The molecule has 1 aliphatic rings. The van der Waals surface area contributed by atoms with Crippen LogP contribution in [0.1, 0.15) is 111 Å². The van der Waals surface area contributed by atoms with Crippen LogP contribution >= 0.6 is 0 Å². The highest BCUT2D eigenvalue weighted by Gasteiger charge is 2.38. The van der Waals surface area contributed by atoms with Crippen LogP contribution in [0.5, 0.6) is 0 Å². The number of nitrogens with one attached hydrogen (secondary N) is 11. The molecule has 31 nitrogen and oxygen atoms in total. The minimum atomic E-state index is -1.78. The first-order chi connectivity index (χ1) is 41.2. The van der Waals surface area contributed by atoms with Crippen molar-refractivity contribution in [2.45, 2.75) is 185 Å². The van der Waals surface area contributed by atoms with Crippen LogP contribution in [0.15, 0.2) is 30.3 Å². The van der Waals surface area contributed by atoms with E-state index in [-0.39, 0.29) is 96.6 Å². The van der Waals surface area contributed by atoms with Crippen LogP contribution in [-0.4, -0.2) is 200 Å². The van der Waals surface area contributed by atoms with Crippen LogP contribution in [0, 0.1) is 11.8 Å². The van der Waals surface area contributed by atoms with Gasteiger partial charge in [0.05, 0.1) is 24.7 Å². The Morgan fingerprint density at radius 1 is 0.598 bits per heavy atom. The van der Waals surface area contributed by atoms with E-state index in [1.807, 2.05) is 6.92 Å². The fourth-order valence-corrected chi connectivity index (χ4v) is 8.95. The van der Waals surface area contributed by atoms with Crippen molar-refractivity contribution in [3.63, 3.8) is 0 Å². The molecule has 87 heavy (non-hydrogen) atoms. The van der Waals surface area contributed by atoms with Gasteiger partial charge in [-0.1, -0.05) is 64.4 Å². The Morgan fingerprint density at radius 3 is 1.60 bits per heavy atom. The quantitative estimate of drug-likeness (QED) is 0.0262. The number of carbonyl (C=O) groups is 12. The molecule has 23 N–H and O–H groups in total. The number of nitrogens with two attached hydrogens (primary N) is 5. The molecule has 11 amide bonds. The second kappa shape index (κ2) is 40.1. The van der Waals surface area contributed by atoms with Crippen molar-refractivity contribution in [2.75, 3.05) is 45.9 Å². The SMILES string of the molecule is CCCCOC(=O)C(C)CC(=O)N[C@@H](CCN)C(=O)N[C@H](C(=O)N[C@@H](CCN)C(=O)N[C@H]1CCNC(=O)[C@H](C(C)O)NC(=O)[C@H](CCN)NC(=O)[C@H](CCN)NC(=O)[C@H](CC(C)C)NC(=O)[C@@H](Cc2ccccc2)NC(=O)[C@H](CCN)NC1=O)C(C)O. The first-order valence-electron chi connectivity index (χ1n) is 29.6. The lowest BCUT2D eigenvalue weighted by Crippen LogP contribution is -2.62. The van der Waals surface area contributed by atoms with Gasteiger partial charge in [0.1, 0.15) is 60.4 Å². The van der Waals surface area contributed by atoms with E-state index in [1.54, 1.807) is 44.2 Å². The Morgan fingerprint density at radius 2 is 1.09 bits per heavy atom. The van der Waals surface area contributed by atoms with E-state index in [9.17, 15) is 67.7 Å². The number of esters is 1. The molecule has 1 aliphatic heterocycles. The molecule has 1 fully saturated rings. The summed E-state index contributed by atoms with van der Waals surface area (Å²) < 4.78 is 5.18. The van der Waals surface area contributed by atoms with Gasteiger partial charge in [-0.15, -0.1) is 0 Å². The van der Waals surface area contributed by atoms with Gasteiger partial charge in [-0.25, -0.2) is 0 Å². The van der Waals surface area contributed by atoms with E-state index in [4.69, 9.17) is 33.4 Å². The molecular weight excluding hydrogens is 1140 g/mol. The maximum absolute atomic E-state index is 14.5. The zero-order chi connectivity index (χ0) is 65.3. The second-order valence-electron chi connectivity index (χ2n) is 21.9. The summed E-state index contributed by atoms with van der Waals surface area (Å²) in [6, 6.07) is -6.71. The van der Waals surface area contributed by atoms with E-state index >= 15 is 0 Å². The predicted octanol–water partition coefficient (Wildman–Crippen LogP) is -6.48. The smallest absolute Gasteiger partial charge is 0.309 e. The van der Waals surface area contributed by atoms with Crippen molar-refractivity contribution in [3.8, 4) is 0 Å². The van der Waals surface area contributed by atoms with Gasteiger partial charge in [-0.05, 0) is 109 Å². The lowest BCUT2D eigenvalue weighted by Gasteiger charge is -2.29. The van der Waals surface area contributed by atoms with Crippen LogP contribution < -0.4 is 87.2 Å². The summed E-state index contributed by atoms with van der Waals surface area (Å²) in [7, 11) is 0. The van der Waals surface area contributed by atoms with Gasteiger partial charge in [0.15, 0.2) is 0 Å². The molecule has 0 aliphatic carbocycles. The van der Waals surface area contributed by atoms with Gasteiger partial charge in [0, 0.05) is 19.4 Å². The highest BCUT2D eigenvalue weighted by Crippen LogP contribution is 2.12. The fourth-order valence-electron chi connectivity index (χ4n) is 8.95. The minimum absolute atomic E-state index is 0.0338. The highest BCUT2D eigenvalue weighted by atomic mass is 16.5. The van der Waals surface area contributed by atoms with Crippen LogP contribution in [-0.2, 0) is 68.7 Å². The Hall–Kier alpha value is -7.42. The van der Waals surface area contributed by atoms with Gasteiger partial charge in [0.2, 0.25) is 65.0 Å². The molecule has 3 unspecified atom stereocenters. The summed E-state index contributed by atoms with van der Waals surface area (Å²) in [5, 5.41) is 49.3. The average Bonchev–Trinajstić information content (AvgIpc) is 3.04. The van der Waals surface area contributed by atoms with Crippen molar-refractivity contribution in [1.82, 2.24) is 58.5 Å². The summed E-state index contributed by atoms with van der Waals surface area (Å²) in [6.45, 7) is 8.09. The summed E-state index contributed by atoms with van der Waals surface area (Å²) in [5.41, 5.74) is 29.9. The average molecular weight is 1230 g/mol. The second-order valence-corrected chi connectivity index (χ2v) is 21.9. The highest BCUT2D eigenvalue weighted by molar-refractivity contribution is 5.99. The largest absolute Gasteiger partial charge is 0.465 e. The Balaban J connectivity index is 2.67. The number of hydrogen-bond donors (Lipinski definition) is 18. The number of aliphatic hydroxyl groups is 2. The lowest BCUT2D eigenvalue weighted by atomic mass is 10.00. The van der Waals surface area contributed by atoms with E-state index < -0.39 is 162 Å². The molecule has 0 bridgehead atoms. The number of benzene rings is 1. The van der Waals surface area contributed by atoms with Gasteiger partial charge in [-0.2, -0.15) is 0 Å². The Bertz CT molecular complexity index is 2420. The number of unbranched alkanes of at least 4 members (excludes halogenated alkanes) is 1. The number of amides is 11. The van der Waals surface area contributed by atoms with E-state index in [0.29, 0.717) is 12.0 Å². The number of hydrogen-bond acceptors (Lipinski definition) is 20.